The lowest BCUT2D eigenvalue weighted by Crippen LogP contribution is -2.36. The molecule has 0 atom stereocenters. The number of hydrogen-bond acceptors (Lipinski definition) is 5. The first-order chi connectivity index (χ1) is 7.83. The first-order valence-corrected chi connectivity index (χ1v) is 5.42. The molecule has 0 bridgehead atoms. The molecule has 0 N–H and O–H groups in total. The third-order valence-corrected chi connectivity index (χ3v) is 2.67. The molecule has 1 aliphatic rings. The van der Waals surface area contributed by atoms with Crippen molar-refractivity contribution in [1.82, 2.24) is 19.6 Å². The van der Waals surface area contributed by atoms with E-state index in [2.05, 4.69) is 20.0 Å². The molecule has 0 aliphatic carbocycles. The predicted octanol–water partition coefficient (Wildman–Crippen LogP) is 0.614. The maximum atomic E-state index is 5.79. The minimum Gasteiger partial charge on any atom is -0.378 e. The number of nitrogens with zero attached hydrogens (tertiary/aromatic N) is 5. The number of fused-ring (bicyclic) bond motifs is 1. The molecule has 0 aromatic carbocycles. The van der Waals surface area contributed by atoms with Crippen molar-refractivity contribution in [3.05, 3.63) is 17.4 Å². The summed E-state index contributed by atoms with van der Waals surface area (Å²) in [6.45, 7) is 3.04. The van der Waals surface area contributed by atoms with Crippen LogP contribution in [0.5, 0.6) is 0 Å². The van der Waals surface area contributed by atoms with Gasteiger partial charge < -0.3 is 9.64 Å². The van der Waals surface area contributed by atoms with Crippen LogP contribution in [0.25, 0.3) is 5.78 Å². The lowest BCUT2D eigenvalue weighted by Gasteiger charge is -2.25. The van der Waals surface area contributed by atoms with Crippen LogP contribution < -0.4 is 4.90 Å². The van der Waals surface area contributed by atoms with E-state index in [9.17, 15) is 0 Å². The summed E-state index contributed by atoms with van der Waals surface area (Å²) < 4.78 is 6.90. The molecule has 0 spiro atoms. The van der Waals surface area contributed by atoms with Gasteiger partial charge in [-0.25, -0.2) is 4.52 Å². The van der Waals surface area contributed by atoms with Crippen molar-refractivity contribution < 1.29 is 4.74 Å². The Balaban J connectivity index is 1.97. The van der Waals surface area contributed by atoms with Crippen molar-refractivity contribution in [3.8, 4) is 0 Å². The molecular formula is C9H10ClN5O. The van der Waals surface area contributed by atoms with Gasteiger partial charge in [-0.3, -0.25) is 0 Å². The van der Waals surface area contributed by atoms with E-state index in [-0.39, 0.29) is 0 Å². The summed E-state index contributed by atoms with van der Waals surface area (Å²) in [5.41, 5.74) is 0. The summed E-state index contributed by atoms with van der Waals surface area (Å²) in [4.78, 5) is 10.5. The van der Waals surface area contributed by atoms with Gasteiger partial charge in [-0.1, -0.05) is 11.6 Å². The van der Waals surface area contributed by atoms with E-state index >= 15 is 0 Å². The van der Waals surface area contributed by atoms with Crippen LogP contribution in [0.2, 0.25) is 5.15 Å². The summed E-state index contributed by atoms with van der Waals surface area (Å²) in [5.74, 6) is 1.20. The smallest absolute Gasteiger partial charge is 0.255 e. The van der Waals surface area contributed by atoms with Crippen molar-refractivity contribution >= 4 is 23.3 Å². The third kappa shape index (κ3) is 1.70. The summed E-state index contributed by atoms with van der Waals surface area (Å²) >= 11 is 5.79. The van der Waals surface area contributed by atoms with Crippen molar-refractivity contribution in [2.45, 2.75) is 0 Å². The van der Waals surface area contributed by atoms with Gasteiger partial charge in [0.05, 0.1) is 13.2 Å². The van der Waals surface area contributed by atoms with E-state index in [1.54, 1.807) is 16.8 Å². The highest BCUT2D eigenvalue weighted by Crippen LogP contribution is 2.12. The minimum absolute atomic E-state index is 0.424. The number of ether oxygens (including phenoxy) is 1. The van der Waals surface area contributed by atoms with E-state index in [1.165, 1.54) is 0 Å². The van der Waals surface area contributed by atoms with E-state index in [4.69, 9.17) is 16.3 Å². The average molecular weight is 240 g/mol. The van der Waals surface area contributed by atoms with Gasteiger partial charge in [0.1, 0.15) is 5.15 Å². The fourth-order valence-electron chi connectivity index (χ4n) is 1.64. The average Bonchev–Trinajstić information content (AvgIpc) is 2.73. The molecule has 1 saturated heterocycles. The molecule has 16 heavy (non-hydrogen) atoms. The maximum Gasteiger partial charge on any atom is 0.255 e. The van der Waals surface area contributed by atoms with E-state index < -0.39 is 0 Å². The Labute approximate surface area is 96.8 Å². The molecule has 0 amide bonds. The second kappa shape index (κ2) is 3.88. The van der Waals surface area contributed by atoms with Gasteiger partial charge in [-0.15, -0.1) is 5.10 Å². The van der Waals surface area contributed by atoms with Crippen LogP contribution in [-0.4, -0.2) is 45.9 Å². The van der Waals surface area contributed by atoms with Gasteiger partial charge >= 0.3 is 0 Å². The van der Waals surface area contributed by atoms with Crippen LogP contribution in [0, 0.1) is 0 Å². The number of aromatic nitrogens is 4. The van der Waals surface area contributed by atoms with Gasteiger partial charge in [0, 0.05) is 19.3 Å². The monoisotopic (exact) mass is 239 g/mol. The lowest BCUT2D eigenvalue weighted by atomic mass is 10.4. The fraction of sp³-hybridized carbons (Fsp3) is 0.444. The first kappa shape index (κ1) is 9.80. The highest BCUT2D eigenvalue weighted by molar-refractivity contribution is 6.29. The molecule has 0 radical (unpaired) electrons. The van der Waals surface area contributed by atoms with Crippen LogP contribution in [-0.2, 0) is 4.74 Å². The fourth-order valence-corrected chi connectivity index (χ4v) is 1.77. The van der Waals surface area contributed by atoms with Crippen LogP contribution in [0.3, 0.4) is 0 Å². The first-order valence-electron chi connectivity index (χ1n) is 5.04. The zero-order valence-corrected chi connectivity index (χ0v) is 9.26. The Morgan fingerprint density at radius 2 is 2.06 bits per heavy atom. The van der Waals surface area contributed by atoms with E-state index in [1.807, 2.05) is 0 Å². The van der Waals surface area contributed by atoms with Gasteiger partial charge in [0.15, 0.2) is 0 Å². The summed E-state index contributed by atoms with van der Waals surface area (Å²) in [7, 11) is 0. The van der Waals surface area contributed by atoms with Gasteiger partial charge in [0.2, 0.25) is 5.95 Å². The van der Waals surface area contributed by atoms with Gasteiger partial charge in [0.25, 0.3) is 5.78 Å². The van der Waals surface area contributed by atoms with Crippen LogP contribution >= 0.6 is 11.6 Å². The second-order valence-electron chi connectivity index (χ2n) is 3.51. The Morgan fingerprint density at radius 3 is 2.88 bits per heavy atom. The molecule has 1 fully saturated rings. The molecule has 3 rings (SSSR count). The van der Waals surface area contributed by atoms with Crippen molar-refractivity contribution in [1.29, 1.82) is 0 Å². The summed E-state index contributed by atoms with van der Waals surface area (Å²) in [5, 5.41) is 4.76. The molecule has 3 heterocycles. The molecule has 2 aromatic rings. The Morgan fingerprint density at radius 1 is 1.25 bits per heavy atom. The largest absolute Gasteiger partial charge is 0.378 e. The molecule has 0 saturated carbocycles. The minimum atomic E-state index is 0.424. The molecule has 2 aromatic heterocycles. The van der Waals surface area contributed by atoms with Gasteiger partial charge in [-0.2, -0.15) is 9.97 Å². The Kier molecular flexibility index (Phi) is 2.37. The SMILES string of the molecule is Clc1ccn2nc(N3CCOCC3)nc2n1. The number of morpholine rings is 1. The van der Waals surface area contributed by atoms with E-state index in [0.29, 0.717) is 30.1 Å². The van der Waals surface area contributed by atoms with Gasteiger partial charge in [-0.05, 0) is 6.07 Å². The van der Waals surface area contributed by atoms with Crippen molar-refractivity contribution in [2.75, 3.05) is 31.2 Å². The van der Waals surface area contributed by atoms with Crippen LogP contribution in [0.1, 0.15) is 0 Å². The molecule has 1 aliphatic heterocycles. The lowest BCUT2D eigenvalue weighted by molar-refractivity contribution is 0.122. The number of rotatable bonds is 1. The van der Waals surface area contributed by atoms with Crippen LogP contribution in [0.15, 0.2) is 12.3 Å². The van der Waals surface area contributed by atoms with E-state index in [0.717, 1.165) is 13.1 Å². The van der Waals surface area contributed by atoms with Crippen LogP contribution in [0.4, 0.5) is 5.95 Å². The molecule has 7 heteroatoms. The van der Waals surface area contributed by atoms with Crippen molar-refractivity contribution in [2.24, 2.45) is 0 Å². The Hall–Kier alpha value is -1.40. The standard InChI is InChI=1S/C9H10ClN5O/c10-7-1-2-15-8(11-7)12-9(13-15)14-3-5-16-6-4-14/h1-2H,3-6H2. The number of hydrogen-bond donors (Lipinski definition) is 0. The summed E-state index contributed by atoms with van der Waals surface area (Å²) in [6, 6.07) is 1.69. The maximum absolute atomic E-state index is 5.79. The third-order valence-electron chi connectivity index (χ3n) is 2.46. The molecule has 84 valence electrons. The normalized spacial score (nSPS) is 16.9. The summed E-state index contributed by atoms with van der Waals surface area (Å²) in [6.07, 6.45) is 1.75. The molecule has 0 unspecified atom stereocenters. The number of anilines is 1. The topological polar surface area (TPSA) is 55.5 Å². The second-order valence-corrected chi connectivity index (χ2v) is 3.89. The van der Waals surface area contributed by atoms with Crippen molar-refractivity contribution in [3.63, 3.8) is 0 Å². The highest BCUT2D eigenvalue weighted by atomic mass is 35.5. The highest BCUT2D eigenvalue weighted by Gasteiger charge is 2.16. The molecular weight excluding hydrogens is 230 g/mol. The number of halogens is 1. The molecule has 6 nitrogen and oxygen atoms in total. The zero-order valence-electron chi connectivity index (χ0n) is 8.51. The predicted molar refractivity (Wildman–Crippen MR) is 58.8 cm³/mol. The Bertz CT molecular complexity index is 508. The quantitative estimate of drug-likeness (QED) is 0.683. The zero-order chi connectivity index (χ0) is 11.0.